The van der Waals surface area contributed by atoms with Gasteiger partial charge in [0.25, 0.3) is 10.0 Å². The molecular formula is C12H8Br2FNO3S. The topological polar surface area (TPSA) is 66.4 Å². The second kappa shape index (κ2) is 5.71. The van der Waals surface area contributed by atoms with Gasteiger partial charge in [-0.1, -0.05) is 15.9 Å². The molecule has 2 N–H and O–H groups in total. The molecule has 0 atom stereocenters. The summed E-state index contributed by atoms with van der Waals surface area (Å²) in [6.45, 7) is 0. The number of benzene rings is 2. The zero-order valence-electron chi connectivity index (χ0n) is 9.77. The largest absolute Gasteiger partial charge is 0.508 e. The number of aromatic hydroxyl groups is 1. The van der Waals surface area contributed by atoms with Crippen LogP contribution in [0.2, 0.25) is 0 Å². The summed E-state index contributed by atoms with van der Waals surface area (Å²) < 4.78 is 41.1. The van der Waals surface area contributed by atoms with Crippen molar-refractivity contribution in [3.05, 3.63) is 51.2 Å². The molecule has 2 aromatic carbocycles. The van der Waals surface area contributed by atoms with Gasteiger partial charge in [-0.05, 0) is 46.3 Å². The van der Waals surface area contributed by atoms with Gasteiger partial charge in [0.2, 0.25) is 0 Å². The molecule has 2 aromatic rings. The first-order valence-corrected chi connectivity index (χ1v) is 8.33. The number of anilines is 1. The molecule has 106 valence electrons. The number of sulfonamides is 1. The summed E-state index contributed by atoms with van der Waals surface area (Å²) in [6.07, 6.45) is 0. The van der Waals surface area contributed by atoms with E-state index >= 15 is 0 Å². The molecule has 0 bridgehead atoms. The summed E-state index contributed by atoms with van der Waals surface area (Å²) in [4.78, 5) is -0.0284. The lowest BCUT2D eigenvalue weighted by atomic mass is 10.3. The molecule has 2 rings (SSSR count). The summed E-state index contributed by atoms with van der Waals surface area (Å²) in [7, 11) is -3.95. The summed E-state index contributed by atoms with van der Waals surface area (Å²) in [5.41, 5.74) is -0.241. The fraction of sp³-hybridized carbons (Fsp3) is 0. The van der Waals surface area contributed by atoms with Crippen molar-refractivity contribution in [2.45, 2.75) is 4.90 Å². The fourth-order valence-electron chi connectivity index (χ4n) is 1.47. The van der Waals surface area contributed by atoms with E-state index < -0.39 is 15.8 Å². The first kappa shape index (κ1) is 15.3. The van der Waals surface area contributed by atoms with E-state index in [0.717, 1.165) is 12.1 Å². The molecule has 0 heterocycles. The van der Waals surface area contributed by atoms with Crippen molar-refractivity contribution < 1.29 is 17.9 Å². The second-order valence-corrected chi connectivity index (χ2v) is 7.27. The van der Waals surface area contributed by atoms with E-state index in [9.17, 15) is 12.8 Å². The van der Waals surface area contributed by atoms with Crippen LogP contribution in [0.5, 0.6) is 5.75 Å². The zero-order valence-corrected chi connectivity index (χ0v) is 13.8. The SMILES string of the molecule is O=S(=O)(Nc1ccc(O)cc1F)c1cc(Br)ccc1Br. The lowest BCUT2D eigenvalue weighted by molar-refractivity contribution is 0.469. The molecule has 20 heavy (non-hydrogen) atoms. The van der Waals surface area contributed by atoms with E-state index in [2.05, 4.69) is 36.6 Å². The molecule has 0 radical (unpaired) electrons. The molecule has 0 aliphatic heterocycles. The van der Waals surface area contributed by atoms with Crippen LogP contribution in [0.15, 0.2) is 50.2 Å². The Morgan fingerprint density at radius 2 is 1.80 bits per heavy atom. The molecule has 4 nitrogen and oxygen atoms in total. The van der Waals surface area contributed by atoms with Gasteiger partial charge in [-0.3, -0.25) is 4.72 Å². The summed E-state index contributed by atoms with van der Waals surface area (Å²) in [6, 6.07) is 7.79. The lowest BCUT2D eigenvalue weighted by Gasteiger charge is -2.11. The van der Waals surface area contributed by atoms with Gasteiger partial charge in [-0.25, -0.2) is 12.8 Å². The Morgan fingerprint density at radius 3 is 2.45 bits per heavy atom. The van der Waals surface area contributed by atoms with Crippen LogP contribution in [0.3, 0.4) is 0 Å². The Balaban J connectivity index is 2.43. The van der Waals surface area contributed by atoms with Crippen molar-refractivity contribution in [2.24, 2.45) is 0 Å². The minimum atomic E-state index is -3.95. The van der Waals surface area contributed by atoms with Crippen molar-refractivity contribution in [2.75, 3.05) is 4.72 Å². The van der Waals surface area contributed by atoms with Crippen molar-refractivity contribution in [1.82, 2.24) is 0 Å². The van der Waals surface area contributed by atoms with E-state index in [4.69, 9.17) is 5.11 Å². The van der Waals surface area contributed by atoms with Gasteiger partial charge < -0.3 is 5.11 Å². The third-order valence-electron chi connectivity index (χ3n) is 2.38. The minimum absolute atomic E-state index is 0.0284. The maximum Gasteiger partial charge on any atom is 0.263 e. The highest BCUT2D eigenvalue weighted by Gasteiger charge is 2.19. The van der Waals surface area contributed by atoms with Crippen LogP contribution >= 0.6 is 31.9 Å². The van der Waals surface area contributed by atoms with Gasteiger partial charge in [-0.15, -0.1) is 0 Å². The van der Waals surface area contributed by atoms with Crippen molar-refractivity contribution in [3.8, 4) is 5.75 Å². The second-order valence-electron chi connectivity index (χ2n) is 3.84. The highest BCUT2D eigenvalue weighted by molar-refractivity contribution is 9.11. The number of rotatable bonds is 3. The third-order valence-corrected chi connectivity index (χ3v) is 5.23. The van der Waals surface area contributed by atoms with Gasteiger partial charge in [0.05, 0.1) is 5.69 Å². The molecule has 0 amide bonds. The Bertz CT molecular complexity index is 765. The molecular weight excluding hydrogens is 417 g/mol. The number of hydrogen-bond donors (Lipinski definition) is 2. The molecule has 0 spiro atoms. The number of phenolic OH excluding ortho intramolecular Hbond substituents is 1. The number of nitrogens with one attached hydrogen (secondary N) is 1. The maximum atomic E-state index is 13.6. The number of phenols is 1. The fourth-order valence-corrected chi connectivity index (χ4v) is 4.04. The van der Waals surface area contributed by atoms with Gasteiger partial charge in [0, 0.05) is 15.0 Å². The van der Waals surface area contributed by atoms with Crippen LogP contribution in [-0.2, 0) is 10.0 Å². The summed E-state index contributed by atoms with van der Waals surface area (Å²) >= 11 is 6.31. The van der Waals surface area contributed by atoms with Gasteiger partial charge in [0.1, 0.15) is 10.6 Å². The zero-order chi connectivity index (χ0) is 14.9. The molecule has 0 aliphatic rings. The number of hydrogen-bond acceptors (Lipinski definition) is 3. The first-order valence-electron chi connectivity index (χ1n) is 5.26. The Hall–Kier alpha value is -1.12. The highest BCUT2D eigenvalue weighted by atomic mass is 79.9. The lowest BCUT2D eigenvalue weighted by Crippen LogP contribution is -2.14. The van der Waals surface area contributed by atoms with Crippen LogP contribution in [0.1, 0.15) is 0 Å². The molecule has 0 unspecified atom stereocenters. The van der Waals surface area contributed by atoms with Crippen LogP contribution in [0, 0.1) is 5.82 Å². The van der Waals surface area contributed by atoms with E-state index in [1.165, 1.54) is 12.1 Å². The first-order chi connectivity index (χ1) is 9.29. The Morgan fingerprint density at radius 1 is 1.10 bits per heavy atom. The predicted molar refractivity (Wildman–Crippen MR) is 80.7 cm³/mol. The quantitative estimate of drug-likeness (QED) is 0.735. The van der Waals surface area contributed by atoms with Crippen LogP contribution in [0.4, 0.5) is 10.1 Å². The van der Waals surface area contributed by atoms with Crippen molar-refractivity contribution >= 4 is 47.6 Å². The highest BCUT2D eigenvalue weighted by Crippen LogP contribution is 2.28. The summed E-state index contributed by atoms with van der Waals surface area (Å²) in [5, 5.41) is 9.10. The Kier molecular flexibility index (Phi) is 4.36. The van der Waals surface area contributed by atoms with Crippen LogP contribution in [0.25, 0.3) is 0 Å². The van der Waals surface area contributed by atoms with Gasteiger partial charge in [0.15, 0.2) is 5.82 Å². The normalized spacial score (nSPS) is 11.3. The van der Waals surface area contributed by atoms with E-state index in [1.54, 1.807) is 12.1 Å². The Labute approximate surface area is 131 Å². The smallest absolute Gasteiger partial charge is 0.263 e. The molecule has 8 heteroatoms. The molecule has 0 aromatic heterocycles. The van der Waals surface area contributed by atoms with Crippen LogP contribution in [-0.4, -0.2) is 13.5 Å². The third kappa shape index (κ3) is 3.31. The van der Waals surface area contributed by atoms with E-state index in [-0.39, 0.29) is 16.3 Å². The average Bonchev–Trinajstić information content (AvgIpc) is 2.35. The van der Waals surface area contributed by atoms with Crippen molar-refractivity contribution in [1.29, 1.82) is 0 Å². The average molecular weight is 425 g/mol. The molecule has 0 saturated heterocycles. The van der Waals surface area contributed by atoms with Crippen molar-refractivity contribution in [3.63, 3.8) is 0 Å². The standard InChI is InChI=1S/C12H8Br2FNO3S/c13-7-1-3-9(14)12(5-7)20(18,19)16-11-4-2-8(17)6-10(11)15/h1-6,16-17H. The van der Waals surface area contributed by atoms with E-state index in [0.29, 0.717) is 8.95 Å². The maximum absolute atomic E-state index is 13.6. The predicted octanol–water partition coefficient (Wildman–Crippen LogP) is 3.86. The van der Waals surface area contributed by atoms with Crippen LogP contribution < -0.4 is 4.72 Å². The monoisotopic (exact) mass is 423 g/mol. The van der Waals surface area contributed by atoms with Gasteiger partial charge in [-0.2, -0.15) is 0 Å². The molecule has 0 saturated carbocycles. The van der Waals surface area contributed by atoms with Gasteiger partial charge >= 0.3 is 0 Å². The molecule has 0 fully saturated rings. The minimum Gasteiger partial charge on any atom is -0.508 e. The number of halogens is 3. The summed E-state index contributed by atoms with van der Waals surface area (Å²) in [5.74, 6) is -1.14. The van der Waals surface area contributed by atoms with E-state index in [1.807, 2.05) is 0 Å². The molecule has 0 aliphatic carbocycles.